The fraction of sp³-hybridized carbons (Fsp3) is 0.571. The highest BCUT2D eigenvalue weighted by molar-refractivity contribution is 9.10. The molecule has 2 N–H and O–H groups in total. The summed E-state index contributed by atoms with van der Waals surface area (Å²) < 4.78 is 6.40. The second kappa shape index (κ2) is 6.55. The molecule has 1 aliphatic rings. The van der Waals surface area contributed by atoms with Crippen LogP contribution in [0.5, 0.6) is 0 Å². The van der Waals surface area contributed by atoms with Gasteiger partial charge < -0.3 is 15.4 Å². The number of anilines is 1. The molecule has 3 nitrogen and oxygen atoms in total. The Morgan fingerprint density at radius 2 is 2.33 bits per heavy atom. The van der Waals surface area contributed by atoms with Crippen LogP contribution < -0.4 is 10.6 Å². The summed E-state index contributed by atoms with van der Waals surface area (Å²) in [5.41, 5.74) is 8.17. The summed E-state index contributed by atoms with van der Waals surface area (Å²) in [6.07, 6.45) is 2.14. The topological polar surface area (TPSA) is 38.5 Å². The van der Waals surface area contributed by atoms with Crippen molar-refractivity contribution in [2.45, 2.75) is 12.8 Å². The zero-order valence-electron chi connectivity index (χ0n) is 10.9. The van der Waals surface area contributed by atoms with Gasteiger partial charge in [0.1, 0.15) is 0 Å². The van der Waals surface area contributed by atoms with Crippen LogP contribution in [-0.4, -0.2) is 33.4 Å². The van der Waals surface area contributed by atoms with E-state index in [0.29, 0.717) is 12.5 Å². The van der Waals surface area contributed by atoms with E-state index in [4.69, 9.17) is 10.5 Å². The van der Waals surface area contributed by atoms with Crippen LogP contribution in [0.2, 0.25) is 0 Å². The molecule has 0 aliphatic carbocycles. The minimum absolute atomic E-state index is 0.664. The molecule has 4 heteroatoms. The summed E-state index contributed by atoms with van der Waals surface area (Å²) in [5.74, 6) is 0.664. The number of ether oxygens (including phenoxy) is 1. The van der Waals surface area contributed by atoms with Crippen LogP contribution in [0.1, 0.15) is 12.0 Å². The zero-order valence-corrected chi connectivity index (χ0v) is 12.4. The summed E-state index contributed by atoms with van der Waals surface area (Å²) in [7, 11) is 1.78. The fourth-order valence-electron chi connectivity index (χ4n) is 2.53. The molecule has 0 bridgehead atoms. The van der Waals surface area contributed by atoms with Crippen molar-refractivity contribution in [2.75, 3.05) is 38.3 Å². The summed E-state index contributed by atoms with van der Waals surface area (Å²) in [5, 5.41) is 0. The molecule has 18 heavy (non-hydrogen) atoms. The van der Waals surface area contributed by atoms with E-state index in [9.17, 15) is 0 Å². The Morgan fingerprint density at radius 3 is 3.00 bits per heavy atom. The van der Waals surface area contributed by atoms with Gasteiger partial charge in [0.2, 0.25) is 0 Å². The minimum Gasteiger partial charge on any atom is -0.384 e. The van der Waals surface area contributed by atoms with E-state index in [2.05, 4.69) is 39.0 Å². The quantitative estimate of drug-likeness (QED) is 0.907. The van der Waals surface area contributed by atoms with Crippen molar-refractivity contribution >= 4 is 21.6 Å². The van der Waals surface area contributed by atoms with Gasteiger partial charge in [-0.05, 0) is 37.1 Å². The SMILES string of the molecule is COCC1CCN(c2ccc(CCN)c(Br)c2)C1. The van der Waals surface area contributed by atoms with E-state index in [0.717, 1.165) is 26.1 Å². The monoisotopic (exact) mass is 312 g/mol. The average Bonchev–Trinajstić information content (AvgIpc) is 2.81. The number of hydrogen-bond donors (Lipinski definition) is 1. The van der Waals surface area contributed by atoms with Gasteiger partial charge in [0.05, 0.1) is 6.61 Å². The number of halogens is 1. The maximum Gasteiger partial charge on any atom is 0.0508 e. The Bertz CT molecular complexity index is 397. The third-order valence-electron chi connectivity index (χ3n) is 3.50. The predicted molar refractivity (Wildman–Crippen MR) is 79.1 cm³/mol. The van der Waals surface area contributed by atoms with Crippen LogP contribution in [-0.2, 0) is 11.2 Å². The van der Waals surface area contributed by atoms with Crippen LogP contribution in [0.25, 0.3) is 0 Å². The van der Waals surface area contributed by atoms with Crippen molar-refractivity contribution in [2.24, 2.45) is 11.7 Å². The van der Waals surface area contributed by atoms with Crippen molar-refractivity contribution in [3.8, 4) is 0 Å². The van der Waals surface area contributed by atoms with E-state index in [-0.39, 0.29) is 0 Å². The average molecular weight is 313 g/mol. The van der Waals surface area contributed by atoms with Gasteiger partial charge in [0, 0.05) is 36.3 Å². The second-order valence-electron chi connectivity index (χ2n) is 4.87. The van der Waals surface area contributed by atoms with Gasteiger partial charge in [0.15, 0.2) is 0 Å². The molecule has 1 aromatic rings. The molecular weight excluding hydrogens is 292 g/mol. The van der Waals surface area contributed by atoms with Gasteiger partial charge in [-0.2, -0.15) is 0 Å². The first-order chi connectivity index (χ1) is 8.74. The van der Waals surface area contributed by atoms with Crippen LogP contribution in [0.15, 0.2) is 22.7 Å². The van der Waals surface area contributed by atoms with Crippen molar-refractivity contribution in [1.29, 1.82) is 0 Å². The van der Waals surface area contributed by atoms with E-state index in [1.54, 1.807) is 7.11 Å². The molecule has 1 heterocycles. The first-order valence-corrected chi connectivity index (χ1v) is 7.26. The van der Waals surface area contributed by atoms with E-state index >= 15 is 0 Å². The Morgan fingerprint density at radius 1 is 1.50 bits per heavy atom. The molecule has 100 valence electrons. The Balaban J connectivity index is 2.04. The first-order valence-electron chi connectivity index (χ1n) is 6.47. The van der Waals surface area contributed by atoms with Gasteiger partial charge in [-0.25, -0.2) is 0 Å². The Kier molecular flexibility index (Phi) is 5.03. The smallest absolute Gasteiger partial charge is 0.0508 e. The van der Waals surface area contributed by atoms with E-state index in [1.807, 2.05) is 0 Å². The third-order valence-corrected chi connectivity index (χ3v) is 4.24. The molecule has 1 aromatic carbocycles. The van der Waals surface area contributed by atoms with Gasteiger partial charge in [-0.15, -0.1) is 0 Å². The van der Waals surface area contributed by atoms with Crippen LogP contribution in [0.3, 0.4) is 0 Å². The summed E-state index contributed by atoms with van der Waals surface area (Å²) in [4.78, 5) is 2.43. The van der Waals surface area contributed by atoms with Crippen LogP contribution >= 0.6 is 15.9 Å². The summed E-state index contributed by atoms with van der Waals surface area (Å²) in [6, 6.07) is 6.58. The molecule has 2 rings (SSSR count). The normalized spacial score (nSPS) is 19.5. The molecule has 1 fully saturated rings. The lowest BCUT2D eigenvalue weighted by molar-refractivity contribution is 0.161. The summed E-state index contributed by atoms with van der Waals surface area (Å²) >= 11 is 3.63. The van der Waals surface area contributed by atoms with Crippen molar-refractivity contribution < 1.29 is 4.74 Å². The lowest BCUT2D eigenvalue weighted by atomic mass is 10.1. The highest BCUT2D eigenvalue weighted by Gasteiger charge is 2.22. The van der Waals surface area contributed by atoms with Gasteiger partial charge in [-0.1, -0.05) is 22.0 Å². The Labute approximate surface area is 117 Å². The van der Waals surface area contributed by atoms with E-state index < -0.39 is 0 Å². The maximum absolute atomic E-state index is 5.60. The van der Waals surface area contributed by atoms with Crippen LogP contribution in [0, 0.1) is 5.92 Å². The predicted octanol–water partition coefficient (Wildman–Crippen LogP) is 2.42. The molecule has 1 aliphatic heterocycles. The van der Waals surface area contributed by atoms with Gasteiger partial charge in [-0.3, -0.25) is 0 Å². The second-order valence-corrected chi connectivity index (χ2v) is 5.72. The highest BCUT2D eigenvalue weighted by Crippen LogP contribution is 2.28. The van der Waals surface area contributed by atoms with Crippen LogP contribution in [0.4, 0.5) is 5.69 Å². The fourth-order valence-corrected chi connectivity index (χ4v) is 3.10. The molecule has 0 aromatic heterocycles. The molecule has 1 unspecified atom stereocenters. The molecule has 0 amide bonds. The lowest BCUT2D eigenvalue weighted by Gasteiger charge is -2.19. The minimum atomic E-state index is 0.664. The molecular formula is C14H21BrN2O. The number of rotatable bonds is 5. The lowest BCUT2D eigenvalue weighted by Crippen LogP contribution is -2.21. The molecule has 0 spiro atoms. The number of benzene rings is 1. The highest BCUT2D eigenvalue weighted by atomic mass is 79.9. The number of methoxy groups -OCH3 is 1. The first kappa shape index (κ1) is 13.8. The van der Waals surface area contributed by atoms with Crippen molar-refractivity contribution in [3.05, 3.63) is 28.2 Å². The maximum atomic E-state index is 5.60. The van der Waals surface area contributed by atoms with Gasteiger partial charge >= 0.3 is 0 Å². The number of nitrogens with two attached hydrogens (primary N) is 1. The number of nitrogens with zero attached hydrogens (tertiary/aromatic N) is 1. The number of hydrogen-bond acceptors (Lipinski definition) is 3. The zero-order chi connectivity index (χ0) is 13.0. The third kappa shape index (κ3) is 3.25. The largest absolute Gasteiger partial charge is 0.384 e. The molecule has 1 saturated heterocycles. The van der Waals surface area contributed by atoms with E-state index in [1.165, 1.54) is 22.1 Å². The van der Waals surface area contributed by atoms with Crippen molar-refractivity contribution in [1.82, 2.24) is 0 Å². The summed E-state index contributed by atoms with van der Waals surface area (Å²) in [6.45, 7) is 3.77. The molecule has 0 radical (unpaired) electrons. The van der Waals surface area contributed by atoms with Gasteiger partial charge in [0.25, 0.3) is 0 Å². The Hall–Kier alpha value is -0.580. The molecule has 1 atom stereocenters. The standard InChI is InChI=1S/C14H21BrN2O/c1-18-10-11-5-7-17(9-11)13-3-2-12(4-6-16)14(15)8-13/h2-3,8,11H,4-7,9-10,16H2,1H3. The van der Waals surface area contributed by atoms with Crippen molar-refractivity contribution in [3.63, 3.8) is 0 Å². The molecule has 0 saturated carbocycles.